The van der Waals surface area contributed by atoms with Gasteiger partial charge in [0.05, 0.1) is 18.4 Å². The number of nitrogens with zero attached hydrogens (tertiary/aromatic N) is 3. The summed E-state index contributed by atoms with van der Waals surface area (Å²) in [6.45, 7) is 0.363. The Morgan fingerprint density at radius 1 is 1.04 bits per heavy atom. The third-order valence-corrected chi connectivity index (χ3v) is 3.40. The van der Waals surface area contributed by atoms with Crippen LogP contribution in [0.2, 0.25) is 0 Å². The summed E-state index contributed by atoms with van der Waals surface area (Å²) < 4.78 is 6.36. The number of hydrogen-bond acceptors (Lipinski definition) is 5. The Bertz CT molecular complexity index is 875. The molecule has 6 nitrogen and oxygen atoms in total. The van der Waals surface area contributed by atoms with E-state index in [1.807, 2.05) is 30.3 Å². The molecule has 116 valence electrons. The molecule has 0 fully saturated rings. The van der Waals surface area contributed by atoms with E-state index in [0.29, 0.717) is 10.9 Å². The molecule has 0 N–H and O–H groups in total. The first-order valence-electron chi connectivity index (χ1n) is 7.26. The van der Waals surface area contributed by atoms with Crippen LogP contribution in [0.3, 0.4) is 0 Å². The van der Waals surface area contributed by atoms with Crippen molar-refractivity contribution in [3.05, 3.63) is 70.5 Å². The van der Waals surface area contributed by atoms with Crippen LogP contribution in [0.5, 0.6) is 0 Å². The van der Waals surface area contributed by atoms with Crippen LogP contribution in [0.25, 0.3) is 10.9 Å². The fraction of sp³-hybridized carbons (Fsp3) is 0.176. The summed E-state index contributed by atoms with van der Waals surface area (Å²) >= 11 is 0. The van der Waals surface area contributed by atoms with E-state index in [0.717, 1.165) is 5.56 Å². The summed E-state index contributed by atoms with van der Waals surface area (Å²) in [5.41, 5.74) is 1.20. The van der Waals surface area contributed by atoms with Crippen molar-refractivity contribution < 1.29 is 9.53 Å². The van der Waals surface area contributed by atoms with Gasteiger partial charge in [0.25, 0.3) is 5.56 Å². The molecule has 1 aromatic heterocycles. The molecule has 0 saturated carbocycles. The van der Waals surface area contributed by atoms with Gasteiger partial charge in [-0.05, 0) is 17.7 Å². The molecule has 3 rings (SSSR count). The summed E-state index contributed by atoms with van der Waals surface area (Å²) in [5.74, 6) is -0.379. The predicted octanol–water partition coefficient (Wildman–Crippen LogP) is 1.92. The minimum Gasteiger partial charge on any atom is -0.461 e. The van der Waals surface area contributed by atoms with E-state index in [4.69, 9.17) is 4.74 Å². The van der Waals surface area contributed by atoms with E-state index in [2.05, 4.69) is 10.3 Å². The lowest BCUT2D eigenvalue weighted by Gasteiger charge is -2.06. The van der Waals surface area contributed by atoms with Gasteiger partial charge >= 0.3 is 5.97 Å². The summed E-state index contributed by atoms with van der Waals surface area (Å²) in [6, 6.07) is 16.4. The third-order valence-electron chi connectivity index (χ3n) is 3.40. The predicted molar refractivity (Wildman–Crippen MR) is 84.7 cm³/mol. The maximum Gasteiger partial charge on any atom is 0.308 e. The third kappa shape index (κ3) is 3.60. The average Bonchev–Trinajstić information content (AvgIpc) is 2.60. The quantitative estimate of drug-likeness (QED) is 0.673. The van der Waals surface area contributed by atoms with Gasteiger partial charge in [0.2, 0.25) is 0 Å². The fourth-order valence-corrected chi connectivity index (χ4v) is 2.18. The monoisotopic (exact) mass is 309 g/mol. The first-order chi connectivity index (χ1) is 11.2. The van der Waals surface area contributed by atoms with Crippen molar-refractivity contribution in [2.45, 2.75) is 19.6 Å². The number of carbonyl (C=O) groups excluding carboxylic acids is 1. The number of hydrogen-bond donors (Lipinski definition) is 0. The van der Waals surface area contributed by atoms with Gasteiger partial charge in [-0.2, -0.15) is 0 Å². The highest BCUT2D eigenvalue weighted by atomic mass is 16.5. The fourth-order valence-electron chi connectivity index (χ4n) is 2.18. The Hall–Kier alpha value is -3.02. The summed E-state index contributed by atoms with van der Waals surface area (Å²) in [7, 11) is 0. The molecule has 2 aromatic carbocycles. The molecule has 0 bridgehead atoms. The molecule has 0 aliphatic rings. The zero-order valence-corrected chi connectivity index (χ0v) is 12.4. The van der Waals surface area contributed by atoms with E-state index < -0.39 is 0 Å². The zero-order valence-electron chi connectivity index (χ0n) is 12.4. The van der Waals surface area contributed by atoms with Crippen molar-refractivity contribution in [1.82, 2.24) is 15.0 Å². The lowest BCUT2D eigenvalue weighted by Crippen LogP contribution is -2.25. The second-order valence-electron chi connectivity index (χ2n) is 5.03. The molecule has 6 heteroatoms. The maximum absolute atomic E-state index is 12.2. The van der Waals surface area contributed by atoms with Crippen LogP contribution in [0, 0.1) is 0 Å². The van der Waals surface area contributed by atoms with Crippen molar-refractivity contribution in [3.63, 3.8) is 0 Å². The van der Waals surface area contributed by atoms with Crippen molar-refractivity contribution in [3.8, 4) is 0 Å². The first-order valence-corrected chi connectivity index (χ1v) is 7.26. The zero-order chi connectivity index (χ0) is 16.1. The highest BCUT2D eigenvalue weighted by Crippen LogP contribution is 2.04. The largest absolute Gasteiger partial charge is 0.461 e. The Morgan fingerprint density at radius 3 is 2.61 bits per heavy atom. The van der Waals surface area contributed by atoms with Crippen LogP contribution in [-0.4, -0.2) is 21.0 Å². The number of esters is 1. The van der Waals surface area contributed by atoms with Crippen LogP contribution < -0.4 is 5.56 Å². The molecule has 0 atom stereocenters. The van der Waals surface area contributed by atoms with E-state index >= 15 is 0 Å². The molecular weight excluding hydrogens is 294 g/mol. The van der Waals surface area contributed by atoms with Crippen molar-refractivity contribution in [2.75, 3.05) is 0 Å². The maximum atomic E-state index is 12.2. The Morgan fingerprint density at radius 2 is 1.78 bits per heavy atom. The highest BCUT2D eigenvalue weighted by molar-refractivity contribution is 5.76. The van der Waals surface area contributed by atoms with Crippen molar-refractivity contribution in [2.24, 2.45) is 0 Å². The van der Waals surface area contributed by atoms with Gasteiger partial charge < -0.3 is 4.74 Å². The summed E-state index contributed by atoms with van der Waals surface area (Å²) in [6.07, 6.45) is 0.0692. The van der Waals surface area contributed by atoms with Crippen molar-refractivity contribution >= 4 is 16.9 Å². The molecule has 3 aromatic rings. The number of fused-ring (bicyclic) bond motifs is 1. The van der Waals surface area contributed by atoms with Crippen LogP contribution in [-0.2, 0) is 22.7 Å². The minimum atomic E-state index is -0.379. The van der Waals surface area contributed by atoms with Gasteiger partial charge in [0.15, 0.2) is 0 Å². The molecule has 0 spiro atoms. The number of aryl methyl sites for hydroxylation is 1. The van der Waals surface area contributed by atoms with E-state index in [1.165, 1.54) is 4.68 Å². The second kappa shape index (κ2) is 6.83. The Labute approximate surface area is 132 Å². The summed E-state index contributed by atoms with van der Waals surface area (Å²) in [4.78, 5) is 24.0. The van der Waals surface area contributed by atoms with Gasteiger partial charge in [-0.3, -0.25) is 9.59 Å². The minimum absolute atomic E-state index is 0.0692. The van der Waals surface area contributed by atoms with Gasteiger partial charge in [0.1, 0.15) is 12.1 Å². The lowest BCUT2D eigenvalue weighted by molar-refractivity contribution is -0.145. The van der Waals surface area contributed by atoms with Crippen LogP contribution in [0.4, 0.5) is 0 Å². The number of aromatic nitrogens is 3. The molecule has 0 amide bonds. The normalized spacial score (nSPS) is 10.6. The molecule has 0 unspecified atom stereocenters. The molecule has 23 heavy (non-hydrogen) atoms. The number of benzene rings is 2. The van der Waals surface area contributed by atoms with Gasteiger partial charge in [-0.15, -0.1) is 5.10 Å². The summed E-state index contributed by atoms with van der Waals surface area (Å²) in [5, 5.41) is 8.30. The van der Waals surface area contributed by atoms with Crippen LogP contribution in [0.15, 0.2) is 59.4 Å². The molecule has 0 saturated heterocycles. The molecule has 0 aliphatic heterocycles. The average molecular weight is 309 g/mol. The van der Waals surface area contributed by atoms with Gasteiger partial charge in [-0.1, -0.05) is 47.7 Å². The van der Waals surface area contributed by atoms with E-state index in [9.17, 15) is 9.59 Å². The standard InChI is InChI=1S/C17H15N3O3/c21-16(23-12-13-6-2-1-3-7-13)10-11-20-17(22)14-8-4-5-9-15(14)18-19-20/h1-9H,10-12H2. The van der Waals surface area contributed by atoms with Crippen LogP contribution in [0.1, 0.15) is 12.0 Å². The Balaban J connectivity index is 1.61. The first kappa shape index (κ1) is 14.9. The smallest absolute Gasteiger partial charge is 0.308 e. The molecule has 0 radical (unpaired) electrons. The van der Waals surface area contributed by atoms with Crippen LogP contribution >= 0.6 is 0 Å². The number of carbonyl (C=O) groups is 1. The highest BCUT2D eigenvalue weighted by Gasteiger charge is 2.08. The number of ether oxygens (including phenoxy) is 1. The topological polar surface area (TPSA) is 74.1 Å². The van der Waals surface area contributed by atoms with E-state index in [1.54, 1.807) is 24.3 Å². The lowest BCUT2D eigenvalue weighted by atomic mass is 10.2. The van der Waals surface area contributed by atoms with E-state index in [-0.39, 0.29) is 31.1 Å². The molecule has 1 heterocycles. The SMILES string of the molecule is O=C(CCn1nnc2ccccc2c1=O)OCc1ccccc1. The van der Waals surface area contributed by atoms with Crippen molar-refractivity contribution in [1.29, 1.82) is 0 Å². The Kier molecular flexibility index (Phi) is 4.42. The number of rotatable bonds is 5. The second-order valence-corrected chi connectivity index (χ2v) is 5.03. The molecular formula is C17H15N3O3. The van der Waals surface area contributed by atoms with Gasteiger partial charge in [0, 0.05) is 0 Å². The molecule has 0 aliphatic carbocycles. The van der Waals surface area contributed by atoms with Gasteiger partial charge in [-0.25, -0.2) is 4.68 Å².